The van der Waals surface area contributed by atoms with Crippen LogP contribution in [-0.2, 0) is 0 Å². The van der Waals surface area contributed by atoms with Gasteiger partial charge in [0.1, 0.15) is 6.33 Å². The van der Waals surface area contributed by atoms with E-state index >= 15 is 0 Å². The van der Waals surface area contributed by atoms with Crippen LogP contribution in [0.4, 0.5) is 5.95 Å². The Hall–Kier alpha value is -1.37. The monoisotopic (exact) mass is 210 g/mol. The molecule has 0 aliphatic carbocycles. The van der Waals surface area contributed by atoms with Crippen molar-refractivity contribution >= 4 is 23.5 Å². The highest BCUT2D eigenvalue weighted by molar-refractivity contribution is 7.99. The predicted octanol–water partition coefficient (Wildman–Crippen LogP) is 0.602. The van der Waals surface area contributed by atoms with Gasteiger partial charge in [-0.15, -0.1) is 0 Å². The van der Waals surface area contributed by atoms with Crippen LogP contribution in [0.2, 0.25) is 0 Å². The molecule has 0 radical (unpaired) electrons. The number of nitrogens with two attached hydrogens (primary N) is 1. The van der Waals surface area contributed by atoms with Crippen molar-refractivity contribution < 1.29 is 0 Å². The molecular formula is C7H10N6S. The molecule has 0 saturated carbocycles. The molecule has 0 unspecified atom stereocenters. The van der Waals surface area contributed by atoms with E-state index in [4.69, 9.17) is 5.73 Å². The molecule has 0 saturated heterocycles. The second-order valence-electron chi connectivity index (χ2n) is 3.00. The number of nitrogen functional groups attached to an aromatic ring is 1. The normalized spacial score (nSPS) is 11.4. The van der Waals surface area contributed by atoms with Gasteiger partial charge in [-0.25, -0.2) is 0 Å². The van der Waals surface area contributed by atoms with Crippen LogP contribution >= 0.6 is 11.8 Å². The minimum Gasteiger partial charge on any atom is -0.368 e. The van der Waals surface area contributed by atoms with Crippen LogP contribution in [0.25, 0.3) is 5.78 Å². The number of anilines is 1. The second kappa shape index (κ2) is 3.41. The minimum atomic E-state index is 0.230. The maximum Gasteiger partial charge on any atom is 0.257 e. The molecule has 2 heterocycles. The highest BCUT2D eigenvalue weighted by Gasteiger charge is 2.09. The summed E-state index contributed by atoms with van der Waals surface area (Å²) in [4.78, 5) is 12.0. The van der Waals surface area contributed by atoms with Crippen LogP contribution < -0.4 is 5.73 Å². The van der Waals surface area contributed by atoms with Gasteiger partial charge in [0.25, 0.3) is 5.78 Å². The summed E-state index contributed by atoms with van der Waals surface area (Å²) in [6.45, 7) is 4.15. The molecule has 0 amide bonds. The standard InChI is InChI=1S/C7H10N6S/c1-4(2)14-7-12-5(8)11-6-9-3-10-13(6)7/h3-4H,1-2H3,(H2,8,9,10,11). The number of thioether (sulfide) groups is 1. The fourth-order valence-corrected chi connectivity index (χ4v) is 1.80. The lowest BCUT2D eigenvalue weighted by atomic mass is 10.6. The van der Waals surface area contributed by atoms with Gasteiger partial charge in [-0.2, -0.15) is 24.6 Å². The Balaban J connectivity index is 2.55. The van der Waals surface area contributed by atoms with Gasteiger partial charge >= 0.3 is 0 Å². The molecule has 2 N–H and O–H groups in total. The first-order valence-corrected chi connectivity index (χ1v) is 5.04. The summed E-state index contributed by atoms with van der Waals surface area (Å²) in [5, 5.41) is 5.15. The van der Waals surface area contributed by atoms with Gasteiger partial charge in [-0.05, 0) is 0 Å². The Labute approximate surface area is 85.0 Å². The first-order valence-electron chi connectivity index (χ1n) is 4.16. The van der Waals surface area contributed by atoms with Crippen LogP contribution in [0.1, 0.15) is 13.8 Å². The van der Waals surface area contributed by atoms with Crippen molar-refractivity contribution in [1.82, 2.24) is 24.6 Å². The maximum atomic E-state index is 5.54. The average Bonchev–Trinajstić information content (AvgIpc) is 2.50. The molecule has 0 aliphatic rings. The summed E-state index contributed by atoms with van der Waals surface area (Å²) in [7, 11) is 0. The third kappa shape index (κ3) is 1.63. The minimum absolute atomic E-state index is 0.230. The fraction of sp³-hybridized carbons (Fsp3) is 0.429. The molecule has 2 aromatic rings. The summed E-state index contributed by atoms with van der Waals surface area (Å²) in [5.41, 5.74) is 5.54. The number of hydrogen-bond acceptors (Lipinski definition) is 6. The van der Waals surface area contributed by atoms with E-state index in [1.165, 1.54) is 6.33 Å². The number of nitrogens with zero attached hydrogens (tertiary/aromatic N) is 5. The molecule has 74 valence electrons. The molecule has 0 aromatic carbocycles. The number of rotatable bonds is 2. The van der Waals surface area contributed by atoms with Gasteiger partial charge < -0.3 is 5.73 Å². The summed E-state index contributed by atoms with van der Waals surface area (Å²) in [6.07, 6.45) is 1.44. The lowest BCUT2D eigenvalue weighted by molar-refractivity contribution is 0.773. The molecule has 2 aromatic heterocycles. The van der Waals surface area contributed by atoms with E-state index in [9.17, 15) is 0 Å². The van der Waals surface area contributed by atoms with Gasteiger partial charge in [0, 0.05) is 5.25 Å². The maximum absolute atomic E-state index is 5.54. The van der Waals surface area contributed by atoms with E-state index in [1.807, 2.05) is 0 Å². The van der Waals surface area contributed by atoms with E-state index in [2.05, 4.69) is 33.9 Å². The summed E-state index contributed by atoms with van der Waals surface area (Å²) in [5.74, 6) is 0.717. The zero-order valence-corrected chi connectivity index (χ0v) is 8.69. The van der Waals surface area contributed by atoms with E-state index < -0.39 is 0 Å². The fourth-order valence-electron chi connectivity index (χ4n) is 1.01. The van der Waals surface area contributed by atoms with Crippen LogP contribution in [0.3, 0.4) is 0 Å². The van der Waals surface area contributed by atoms with Gasteiger partial charge in [0.15, 0.2) is 5.16 Å². The first kappa shape index (κ1) is 9.20. The van der Waals surface area contributed by atoms with Gasteiger partial charge in [-0.3, -0.25) is 0 Å². The largest absolute Gasteiger partial charge is 0.368 e. The summed E-state index contributed by atoms with van der Waals surface area (Å²) < 4.78 is 1.58. The molecule has 0 aliphatic heterocycles. The van der Waals surface area contributed by atoms with Crippen molar-refractivity contribution in [2.45, 2.75) is 24.3 Å². The van der Waals surface area contributed by atoms with Crippen molar-refractivity contribution in [3.63, 3.8) is 0 Å². The van der Waals surface area contributed by atoms with Crippen LogP contribution in [0.5, 0.6) is 0 Å². The van der Waals surface area contributed by atoms with E-state index in [-0.39, 0.29) is 5.95 Å². The molecule has 0 spiro atoms. The molecule has 0 bridgehead atoms. The molecular weight excluding hydrogens is 200 g/mol. The van der Waals surface area contributed by atoms with Crippen LogP contribution in [-0.4, -0.2) is 29.8 Å². The summed E-state index contributed by atoms with van der Waals surface area (Å²) in [6, 6.07) is 0. The number of fused-ring (bicyclic) bond motifs is 1. The molecule has 0 fully saturated rings. The predicted molar refractivity (Wildman–Crippen MR) is 54.0 cm³/mol. The third-order valence-electron chi connectivity index (χ3n) is 1.48. The van der Waals surface area contributed by atoms with Crippen LogP contribution in [0.15, 0.2) is 11.5 Å². The highest BCUT2D eigenvalue weighted by Crippen LogP contribution is 2.20. The first-order chi connectivity index (χ1) is 6.66. The van der Waals surface area contributed by atoms with E-state index in [1.54, 1.807) is 16.3 Å². The molecule has 6 nitrogen and oxygen atoms in total. The van der Waals surface area contributed by atoms with E-state index in [0.29, 0.717) is 11.0 Å². The van der Waals surface area contributed by atoms with Gasteiger partial charge in [0.05, 0.1) is 0 Å². The third-order valence-corrected chi connectivity index (χ3v) is 2.42. The van der Waals surface area contributed by atoms with Crippen LogP contribution in [0, 0.1) is 0 Å². The Morgan fingerprint density at radius 2 is 2.21 bits per heavy atom. The van der Waals surface area contributed by atoms with Gasteiger partial charge in [0.2, 0.25) is 5.95 Å². The Morgan fingerprint density at radius 3 is 2.93 bits per heavy atom. The molecule has 7 heteroatoms. The Kier molecular flexibility index (Phi) is 2.24. The number of hydrogen-bond donors (Lipinski definition) is 1. The lowest BCUT2D eigenvalue weighted by Gasteiger charge is -2.05. The van der Waals surface area contributed by atoms with Crippen molar-refractivity contribution in [2.24, 2.45) is 0 Å². The zero-order chi connectivity index (χ0) is 10.1. The Bertz CT molecular complexity index is 450. The van der Waals surface area contributed by atoms with E-state index in [0.717, 1.165) is 5.16 Å². The van der Waals surface area contributed by atoms with Gasteiger partial charge in [-0.1, -0.05) is 25.6 Å². The Morgan fingerprint density at radius 1 is 1.43 bits per heavy atom. The number of aromatic nitrogens is 5. The van der Waals surface area contributed by atoms with Crippen molar-refractivity contribution in [1.29, 1.82) is 0 Å². The lowest BCUT2D eigenvalue weighted by Crippen LogP contribution is -2.05. The molecule has 14 heavy (non-hydrogen) atoms. The smallest absolute Gasteiger partial charge is 0.257 e. The average molecular weight is 210 g/mol. The zero-order valence-electron chi connectivity index (χ0n) is 7.88. The molecule has 0 atom stereocenters. The van der Waals surface area contributed by atoms with Crippen molar-refractivity contribution in [3.05, 3.63) is 6.33 Å². The second-order valence-corrected chi connectivity index (χ2v) is 4.55. The quantitative estimate of drug-likeness (QED) is 0.731. The highest BCUT2D eigenvalue weighted by atomic mass is 32.2. The van der Waals surface area contributed by atoms with Crippen molar-refractivity contribution in [2.75, 3.05) is 5.73 Å². The topological polar surface area (TPSA) is 82.0 Å². The summed E-state index contributed by atoms with van der Waals surface area (Å²) >= 11 is 1.58. The molecule has 2 rings (SSSR count). The SMILES string of the molecule is CC(C)Sc1nc(N)nc2ncnn12. The van der Waals surface area contributed by atoms with Crippen molar-refractivity contribution in [3.8, 4) is 0 Å².